The van der Waals surface area contributed by atoms with Crippen LogP contribution in [0.3, 0.4) is 0 Å². The van der Waals surface area contributed by atoms with E-state index in [1.165, 1.54) is 16.0 Å². The maximum absolute atomic E-state index is 12.1. The summed E-state index contributed by atoms with van der Waals surface area (Å²) in [6, 6.07) is 8.24. The van der Waals surface area contributed by atoms with E-state index >= 15 is 0 Å². The molecule has 2 N–H and O–H groups in total. The molecule has 1 heterocycles. The normalized spacial score (nSPS) is 20.4. The maximum atomic E-state index is 12.1. The minimum Gasteiger partial charge on any atom is -0.466 e. The molecule has 132 valence electrons. The Kier molecular flexibility index (Phi) is 7.25. The molecule has 1 saturated heterocycles. The lowest BCUT2D eigenvalue weighted by atomic mass is 9.98. The number of carbonyl (C=O) groups excluding carboxylic acids is 2. The Morgan fingerprint density at radius 2 is 2.12 bits per heavy atom. The third-order valence-corrected chi connectivity index (χ3v) is 4.63. The summed E-state index contributed by atoms with van der Waals surface area (Å²) in [6.45, 7) is 7.06. The summed E-state index contributed by atoms with van der Waals surface area (Å²) in [7, 11) is 0. The molecule has 5 heteroatoms. The molecule has 1 aromatic rings. The molecule has 0 bridgehead atoms. The van der Waals surface area contributed by atoms with Crippen LogP contribution in [0.4, 0.5) is 0 Å². The molecule has 1 aliphatic heterocycles. The molecule has 0 aliphatic carbocycles. The van der Waals surface area contributed by atoms with Crippen LogP contribution in [0.5, 0.6) is 0 Å². The number of likely N-dealkylation sites (tertiary alicyclic amines) is 1. The molecule has 5 nitrogen and oxygen atoms in total. The molecule has 1 amide bonds. The van der Waals surface area contributed by atoms with Crippen molar-refractivity contribution in [2.24, 2.45) is 5.92 Å². The summed E-state index contributed by atoms with van der Waals surface area (Å²) in [5, 5.41) is 3.00. The molecule has 0 spiro atoms. The summed E-state index contributed by atoms with van der Waals surface area (Å²) in [4.78, 5) is 25.2. The van der Waals surface area contributed by atoms with Gasteiger partial charge in [0.15, 0.2) is 6.54 Å². The number of aryl methyl sites for hydroxylation is 1. The molecule has 1 aromatic carbocycles. The highest BCUT2D eigenvalue weighted by molar-refractivity contribution is 5.77. The van der Waals surface area contributed by atoms with E-state index in [1.54, 1.807) is 0 Å². The second-order valence-electron chi connectivity index (χ2n) is 6.50. The highest BCUT2D eigenvalue weighted by Gasteiger charge is 2.30. The third kappa shape index (κ3) is 5.64. The molecule has 1 aliphatic rings. The zero-order valence-corrected chi connectivity index (χ0v) is 14.8. The van der Waals surface area contributed by atoms with E-state index < -0.39 is 0 Å². The van der Waals surface area contributed by atoms with Gasteiger partial charge in [-0.2, -0.15) is 0 Å². The molecule has 0 radical (unpaired) electrons. The molecule has 2 rings (SSSR count). The second kappa shape index (κ2) is 9.42. The number of carbonyl (C=O) groups is 2. The first kappa shape index (κ1) is 18.5. The minimum absolute atomic E-state index is 0.0584. The van der Waals surface area contributed by atoms with Crippen LogP contribution in [0.15, 0.2) is 24.3 Å². The summed E-state index contributed by atoms with van der Waals surface area (Å²) < 4.78 is 5.11. The fourth-order valence-corrected chi connectivity index (χ4v) is 3.29. The zero-order valence-electron chi connectivity index (χ0n) is 14.8. The minimum atomic E-state index is -0.116. The largest absolute Gasteiger partial charge is 0.466 e. The van der Waals surface area contributed by atoms with E-state index in [0.29, 0.717) is 26.2 Å². The van der Waals surface area contributed by atoms with Crippen molar-refractivity contribution >= 4 is 11.9 Å². The van der Waals surface area contributed by atoms with E-state index in [0.717, 1.165) is 25.8 Å². The fourth-order valence-electron chi connectivity index (χ4n) is 3.29. The van der Waals surface area contributed by atoms with Gasteiger partial charge in [0, 0.05) is 6.54 Å². The highest BCUT2D eigenvalue weighted by atomic mass is 16.5. The number of piperidine rings is 1. The summed E-state index contributed by atoms with van der Waals surface area (Å²) in [6.07, 6.45) is 2.69. The lowest BCUT2D eigenvalue weighted by molar-refractivity contribution is -0.899. The van der Waals surface area contributed by atoms with Gasteiger partial charge in [-0.1, -0.05) is 24.3 Å². The van der Waals surface area contributed by atoms with Gasteiger partial charge < -0.3 is 15.0 Å². The van der Waals surface area contributed by atoms with Gasteiger partial charge >= 0.3 is 5.97 Å². The average Bonchev–Trinajstić information content (AvgIpc) is 2.57. The van der Waals surface area contributed by atoms with Gasteiger partial charge in [-0.3, -0.25) is 9.59 Å². The maximum Gasteiger partial charge on any atom is 0.314 e. The van der Waals surface area contributed by atoms with Gasteiger partial charge in [0.25, 0.3) is 5.91 Å². The Morgan fingerprint density at radius 1 is 1.33 bits per heavy atom. The quantitative estimate of drug-likeness (QED) is 0.715. The SMILES string of the molecule is CCOC(=O)[C@H]1CCC[NH+](CC(=O)NCCc2ccccc2C)C1. The van der Waals surface area contributed by atoms with Crippen molar-refractivity contribution in [3.05, 3.63) is 35.4 Å². The molecule has 0 aromatic heterocycles. The molecular weight excluding hydrogens is 304 g/mol. The van der Waals surface area contributed by atoms with Gasteiger partial charge in [-0.15, -0.1) is 0 Å². The lowest BCUT2D eigenvalue weighted by Crippen LogP contribution is -3.14. The van der Waals surface area contributed by atoms with Crippen LogP contribution < -0.4 is 10.2 Å². The number of benzene rings is 1. The Balaban J connectivity index is 1.72. The average molecular weight is 333 g/mol. The van der Waals surface area contributed by atoms with Gasteiger partial charge in [0.1, 0.15) is 5.92 Å². The van der Waals surface area contributed by atoms with Crippen molar-refractivity contribution in [3.8, 4) is 0 Å². The molecular formula is C19H29N2O3+. The van der Waals surface area contributed by atoms with Crippen LogP contribution in [0.25, 0.3) is 0 Å². The highest BCUT2D eigenvalue weighted by Crippen LogP contribution is 2.09. The van der Waals surface area contributed by atoms with Crippen LogP contribution in [-0.2, 0) is 20.7 Å². The van der Waals surface area contributed by atoms with Crippen molar-refractivity contribution in [1.29, 1.82) is 0 Å². The molecule has 0 saturated carbocycles. The Morgan fingerprint density at radius 3 is 2.88 bits per heavy atom. The second-order valence-corrected chi connectivity index (χ2v) is 6.50. The summed E-state index contributed by atoms with van der Waals surface area (Å²) in [5.41, 5.74) is 2.52. The number of quaternary nitrogens is 1. The number of hydrogen-bond donors (Lipinski definition) is 2. The summed E-state index contributed by atoms with van der Waals surface area (Å²) >= 11 is 0. The number of amides is 1. The number of hydrogen-bond acceptors (Lipinski definition) is 3. The third-order valence-electron chi connectivity index (χ3n) is 4.63. The van der Waals surface area contributed by atoms with Crippen molar-refractivity contribution in [2.45, 2.75) is 33.1 Å². The van der Waals surface area contributed by atoms with Crippen molar-refractivity contribution < 1.29 is 19.2 Å². The number of rotatable bonds is 7. The van der Waals surface area contributed by atoms with E-state index in [2.05, 4.69) is 24.4 Å². The van der Waals surface area contributed by atoms with Gasteiger partial charge in [-0.25, -0.2) is 0 Å². The van der Waals surface area contributed by atoms with Crippen molar-refractivity contribution in [2.75, 3.05) is 32.8 Å². The van der Waals surface area contributed by atoms with Crippen LogP contribution >= 0.6 is 0 Å². The van der Waals surface area contributed by atoms with Crippen molar-refractivity contribution in [1.82, 2.24) is 5.32 Å². The van der Waals surface area contributed by atoms with E-state index in [-0.39, 0.29) is 17.8 Å². The van der Waals surface area contributed by atoms with Crippen LogP contribution in [0, 0.1) is 12.8 Å². The number of ether oxygens (including phenoxy) is 1. The molecule has 2 atom stereocenters. The van der Waals surface area contributed by atoms with E-state index in [9.17, 15) is 9.59 Å². The van der Waals surface area contributed by atoms with Crippen molar-refractivity contribution in [3.63, 3.8) is 0 Å². The molecule has 1 fully saturated rings. The Hall–Kier alpha value is -1.88. The van der Waals surface area contributed by atoms with Gasteiger partial charge in [0.05, 0.1) is 19.7 Å². The standard InChI is InChI=1S/C19H28N2O3/c1-3-24-19(23)17-9-6-12-21(13-17)14-18(22)20-11-10-16-8-5-4-7-15(16)2/h4-5,7-8,17H,3,6,9-14H2,1-2H3,(H,20,22)/p+1/t17-/m0/s1. The zero-order chi connectivity index (χ0) is 17.4. The smallest absolute Gasteiger partial charge is 0.314 e. The first-order chi connectivity index (χ1) is 11.6. The predicted octanol–water partition coefficient (Wildman–Crippen LogP) is 0.512. The summed E-state index contributed by atoms with van der Waals surface area (Å²) in [5.74, 6) is -0.119. The predicted molar refractivity (Wildman–Crippen MR) is 92.8 cm³/mol. The van der Waals surface area contributed by atoms with Gasteiger partial charge in [0.2, 0.25) is 0 Å². The number of nitrogens with one attached hydrogen (secondary N) is 2. The van der Waals surface area contributed by atoms with Crippen LogP contribution in [0.1, 0.15) is 30.9 Å². The van der Waals surface area contributed by atoms with E-state index in [1.807, 2.05) is 19.1 Å². The topological polar surface area (TPSA) is 59.8 Å². The fraction of sp³-hybridized carbons (Fsp3) is 0.579. The monoisotopic (exact) mass is 333 g/mol. The van der Waals surface area contributed by atoms with E-state index in [4.69, 9.17) is 4.74 Å². The lowest BCUT2D eigenvalue weighted by Gasteiger charge is -2.28. The first-order valence-electron chi connectivity index (χ1n) is 8.91. The molecule has 1 unspecified atom stereocenters. The van der Waals surface area contributed by atoms with Crippen LogP contribution in [-0.4, -0.2) is 44.7 Å². The Bertz CT molecular complexity index is 559. The van der Waals surface area contributed by atoms with Crippen LogP contribution in [0.2, 0.25) is 0 Å². The first-order valence-corrected chi connectivity index (χ1v) is 8.91. The number of esters is 1. The Labute approximate surface area is 144 Å². The molecule has 24 heavy (non-hydrogen) atoms. The van der Waals surface area contributed by atoms with Gasteiger partial charge in [-0.05, 0) is 44.2 Å².